The summed E-state index contributed by atoms with van der Waals surface area (Å²) in [6.07, 6.45) is 2.28. The monoisotopic (exact) mass is 646 g/mol. The van der Waals surface area contributed by atoms with Crippen LogP contribution in [0, 0.1) is 17.8 Å². The Morgan fingerprint density at radius 3 is 2.56 bits per heavy atom. The number of carbonyl (C=O) groups excluding carboxylic acids is 1. The highest BCUT2D eigenvalue weighted by Crippen LogP contribution is 2.30. The van der Waals surface area contributed by atoms with Gasteiger partial charge in [0.15, 0.2) is 9.84 Å². The molecule has 11 heteroatoms. The summed E-state index contributed by atoms with van der Waals surface area (Å²) >= 11 is 0. The van der Waals surface area contributed by atoms with Crippen LogP contribution >= 0.6 is 0 Å². The number of esters is 1. The molecule has 0 saturated carbocycles. The maximum Gasteiger partial charge on any atom is 0.493 e. The van der Waals surface area contributed by atoms with Gasteiger partial charge in [-0.1, -0.05) is 48.8 Å². The van der Waals surface area contributed by atoms with Crippen molar-refractivity contribution >= 4 is 34.1 Å². The van der Waals surface area contributed by atoms with Gasteiger partial charge in [-0.25, -0.2) is 8.42 Å². The Labute approximate surface area is 266 Å². The van der Waals surface area contributed by atoms with E-state index in [9.17, 15) is 23.4 Å². The zero-order valence-corrected chi connectivity index (χ0v) is 27.3. The molecule has 0 aromatic heterocycles. The van der Waals surface area contributed by atoms with Crippen LogP contribution in [-0.2, 0) is 30.5 Å². The van der Waals surface area contributed by atoms with E-state index in [0.29, 0.717) is 58.2 Å². The van der Waals surface area contributed by atoms with E-state index in [1.54, 1.807) is 0 Å². The third-order valence-electron chi connectivity index (χ3n) is 8.48. The van der Waals surface area contributed by atoms with Gasteiger partial charge in [0.25, 0.3) is 6.72 Å². The second kappa shape index (κ2) is 17.5. The number of aliphatic hydroxyl groups is 2. The van der Waals surface area contributed by atoms with E-state index in [2.05, 4.69) is 11.4 Å². The van der Waals surface area contributed by atoms with Crippen molar-refractivity contribution in [3.8, 4) is 0 Å². The average molecular weight is 647 g/mol. The zero-order valence-electron chi connectivity index (χ0n) is 26.4. The summed E-state index contributed by atoms with van der Waals surface area (Å²) in [6.45, 7) is 8.32. The lowest BCUT2D eigenvalue weighted by Crippen LogP contribution is -2.28. The molecule has 1 saturated heterocycles. The highest BCUT2D eigenvalue weighted by molar-refractivity contribution is 7.92. The topological polar surface area (TPSA) is 173 Å². The van der Waals surface area contributed by atoms with Crippen LogP contribution < -0.4 is 10.4 Å². The number of anilines is 1. The molecule has 10 nitrogen and oxygen atoms in total. The Hall–Kier alpha value is -3.21. The van der Waals surface area contributed by atoms with Crippen LogP contribution in [-0.4, -0.2) is 79.6 Å². The van der Waals surface area contributed by atoms with E-state index in [-0.39, 0.29) is 59.0 Å². The molecule has 0 bridgehead atoms. The maximum atomic E-state index is 13.8. The van der Waals surface area contributed by atoms with Crippen LogP contribution in [0.5, 0.6) is 0 Å². The molecule has 0 amide bonds. The number of carbonyl (C=O) groups is 1. The lowest BCUT2D eigenvalue weighted by Gasteiger charge is -2.25. The predicted octanol–water partition coefficient (Wildman–Crippen LogP) is 3.37. The summed E-state index contributed by atoms with van der Waals surface area (Å²) in [7, 11) is -3.79. The quantitative estimate of drug-likeness (QED) is 0.0552. The van der Waals surface area contributed by atoms with Crippen LogP contribution in [0.4, 0.5) is 5.69 Å². The fraction of sp³-hybridized carbons (Fsp3) is 0.559. The smallest absolute Gasteiger partial charge is 0.460 e. The summed E-state index contributed by atoms with van der Waals surface area (Å²) < 4.78 is 42.2. The summed E-state index contributed by atoms with van der Waals surface area (Å²) in [4.78, 5) is 12.8. The molecule has 0 radical (unpaired) electrons. The van der Waals surface area contributed by atoms with E-state index < -0.39 is 27.1 Å². The van der Waals surface area contributed by atoms with Gasteiger partial charge in [0.1, 0.15) is 18.3 Å². The van der Waals surface area contributed by atoms with Crippen molar-refractivity contribution in [1.29, 1.82) is 0 Å². The molecular weight excluding hydrogens is 596 g/mol. The SMILES string of the molecule is C=[N+]=C(O)c1cc(S(=O)(=O)C(CCC[C@@H](O)[C@@H](CCC(=O)OC2COCC2CC[OH2+])Cc2ccccc2)CC(C)C)ccc1N. The standard InChI is InChI=1S/C34H48N2O8S/c1-23(2)18-27(45(41,42)28-13-14-30(35)29(20-28)34(40)36-3)10-7-11-31(38)25(19-24-8-5-4-6-9-24)12-15-33(39)44-32-22-43-21-26(32)16-17-37/h4-6,8-9,13-14,20,23,25-27,31-32,37-38H,3,7,10-12,15-19,21-22H2,1-2H3,(H2,35,40)/p+2/t25-,26?,27?,31+,32?/m0/s1. The molecule has 2 aromatic rings. The normalized spacial score (nSPS) is 18.7. The minimum absolute atomic E-state index is 0.0366. The summed E-state index contributed by atoms with van der Waals surface area (Å²) in [5.41, 5.74) is 7.28. The highest BCUT2D eigenvalue weighted by Gasteiger charge is 2.33. The predicted molar refractivity (Wildman–Crippen MR) is 177 cm³/mol. The number of hydrogen-bond acceptors (Lipinski definition) is 7. The second-order valence-electron chi connectivity index (χ2n) is 12.4. The van der Waals surface area contributed by atoms with Gasteiger partial charge in [-0.2, -0.15) is 0 Å². The van der Waals surface area contributed by atoms with Crippen molar-refractivity contribution in [2.24, 2.45) is 17.8 Å². The van der Waals surface area contributed by atoms with Gasteiger partial charge in [0.05, 0.1) is 35.2 Å². The molecule has 5 atom stereocenters. The third kappa shape index (κ3) is 10.7. The van der Waals surface area contributed by atoms with Gasteiger partial charge in [-0.3, -0.25) is 4.79 Å². The highest BCUT2D eigenvalue weighted by atomic mass is 32.2. The number of benzene rings is 2. The molecule has 0 spiro atoms. The molecule has 6 N–H and O–H groups in total. The van der Waals surface area contributed by atoms with Gasteiger partial charge >= 0.3 is 11.9 Å². The lowest BCUT2D eigenvalue weighted by molar-refractivity contribution is -0.151. The van der Waals surface area contributed by atoms with Crippen LogP contribution in [0.25, 0.3) is 0 Å². The van der Waals surface area contributed by atoms with Crippen molar-refractivity contribution in [3.05, 3.63) is 59.7 Å². The van der Waals surface area contributed by atoms with Gasteiger partial charge in [0, 0.05) is 18.8 Å². The Morgan fingerprint density at radius 1 is 1.16 bits per heavy atom. The molecule has 3 rings (SSSR count). The summed E-state index contributed by atoms with van der Waals surface area (Å²) in [5.74, 6) is -0.860. The average Bonchev–Trinajstić information content (AvgIpc) is 3.44. The van der Waals surface area contributed by atoms with Crippen LogP contribution in [0.15, 0.2) is 53.4 Å². The Morgan fingerprint density at radius 2 is 1.89 bits per heavy atom. The van der Waals surface area contributed by atoms with Crippen molar-refractivity contribution < 1.29 is 38.0 Å². The molecular formula is C34H50N2O8S+2. The fourth-order valence-corrected chi connectivity index (χ4v) is 7.98. The van der Waals surface area contributed by atoms with Crippen molar-refractivity contribution in [2.75, 3.05) is 25.6 Å². The molecule has 248 valence electrons. The number of aliphatic hydroxyl groups excluding tert-OH is 2. The van der Waals surface area contributed by atoms with E-state index in [4.69, 9.17) is 20.3 Å². The molecule has 1 fully saturated rings. The first-order valence-electron chi connectivity index (χ1n) is 15.8. The summed E-state index contributed by atoms with van der Waals surface area (Å²) in [6, 6.07) is 14.0. The Bertz CT molecular complexity index is 1390. The number of nitrogens with two attached hydrogens (primary N) is 1. The minimum Gasteiger partial charge on any atom is -0.460 e. The summed E-state index contributed by atoms with van der Waals surface area (Å²) in [5, 5.41) is 28.2. The minimum atomic E-state index is -3.79. The molecule has 1 aliphatic heterocycles. The van der Waals surface area contributed by atoms with E-state index >= 15 is 0 Å². The Kier molecular flexibility index (Phi) is 14.1. The van der Waals surface area contributed by atoms with Gasteiger partial charge < -0.3 is 30.5 Å². The lowest BCUT2D eigenvalue weighted by atomic mass is 9.87. The number of nitrogens with zero attached hydrogens (tertiary/aromatic N) is 1. The maximum absolute atomic E-state index is 13.8. The largest absolute Gasteiger partial charge is 0.493 e. The molecule has 3 unspecified atom stereocenters. The van der Waals surface area contributed by atoms with Crippen LogP contribution in [0.1, 0.15) is 69.9 Å². The molecule has 2 aromatic carbocycles. The molecule has 45 heavy (non-hydrogen) atoms. The number of rotatable bonds is 18. The van der Waals surface area contributed by atoms with E-state index in [1.165, 1.54) is 18.2 Å². The van der Waals surface area contributed by atoms with Crippen molar-refractivity contribution in [1.82, 2.24) is 4.67 Å². The van der Waals surface area contributed by atoms with Crippen molar-refractivity contribution in [3.63, 3.8) is 0 Å². The third-order valence-corrected chi connectivity index (χ3v) is 10.7. The molecule has 0 aliphatic carbocycles. The van der Waals surface area contributed by atoms with Crippen LogP contribution in [0.2, 0.25) is 0 Å². The number of sulfone groups is 1. The van der Waals surface area contributed by atoms with Gasteiger partial charge in [-0.05, 0) is 74.1 Å². The zero-order chi connectivity index (χ0) is 33.0. The van der Waals surface area contributed by atoms with E-state index in [0.717, 1.165) is 5.56 Å². The number of hydrogen-bond donors (Lipinski definition) is 3. The van der Waals surface area contributed by atoms with Gasteiger partial charge in [0.2, 0.25) is 0 Å². The van der Waals surface area contributed by atoms with E-state index in [1.807, 2.05) is 44.2 Å². The fourth-order valence-electron chi connectivity index (χ4n) is 5.94. The molecule has 1 heterocycles. The first-order chi connectivity index (χ1) is 21.5. The first kappa shape index (κ1) is 36.3. The van der Waals surface area contributed by atoms with Crippen LogP contribution in [0.3, 0.4) is 0 Å². The number of nitrogen functional groups attached to an aromatic ring is 1. The Balaban J connectivity index is 1.68. The van der Waals surface area contributed by atoms with Crippen molar-refractivity contribution in [2.45, 2.75) is 87.6 Å². The van der Waals surface area contributed by atoms with Gasteiger partial charge in [-0.15, -0.1) is 0 Å². The molecule has 1 aliphatic rings. The second-order valence-corrected chi connectivity index (χ2v) is 14.6. The number of ether oxygens (including phenoxy) is 2. The first-order valence-corrected chi connectivity index (χ1v) is 17.3.